The highest BCUT2D eigenvalue weighted by molar-refractivity contribution is 7.89. The number of carbonyl (C=O) groups excluding carboxylic acids is 2. The molecule has 7 nitrogen and oxygen atoms in total. The Hall–Kier alpha value is -2.85. The van der Waals surface area contributed by atoms with Crippen LogP contribution in [0.5, 0.6) is 0 Å². The summed E-state index contributed by atoms with van der Waals surface area (Å²) in [5.74, 6) is -3.75. The average Bonchev–Trinajstić information content (AvgIpc) is 2.74. The van der Waals surface area contributed by atoms with Crippen molar-refractivity contribution in [2.45, 2.75) is 4.90 Å². The maximum atomic E-state index is 13.2. The third-order valence-electron chi connectivity index (χ3n) is 4.45. The van der Waals surface area contributed by atoms with Gasteiger partial charge in [-0.2, -0.15) is 4.31 Å². The molecule has 1 aliphatic heterocycles. The molecule has 1 fully saturated rings. The Kier molecular flexibility index (Phi) is 6.23. The summed E-state index contributed by atoms with van der Waals surface area (Å²) in [4.78, 5) is 25.7. The van der Waals surface area contributed by atoms with Crippen molar-refractivity contribution in [2.75, 3.05) is 32.8 Å². The highest BCUT2D eigenvalue weighted by Gasteiger charge is 2.30. The zero-order valence-electron chi connectivity index (χ0n) is 15.3. The molecule has 1 heterocycles. The van der Waals surface area contributed by atoms with E-state index in [9.17, 15) is 26.8 Å². The summed E-state index contributed by atoms with van der Waals surface area (Å²) in [7, 11) is -3.64. The normalized spacial score (nSPS) is 15.2. The van der Waals surface area contributed by atoms with E-state index in [2.05, 4.69) is 0 Å². The molecule has 0 saturated carbocycles. The van der Waals surface area contributed by atoms with Crippen LogP contribution in [0.2, 0.25) is 0 Å². The van der Waals surface area contributed by atoms with E-state index < -0.39 is 40.1 Å². The number of sulfonamides is 1. The summed E-state index contributed by atoms with van der Waals surface area (Å²) < 4.78 is 57.4. The van der Waals surface area contributed by atoms with E-state index in [-0.39, 0.29) is 36.6 Å². The largest absolute Gasteiger partial charge is 0.452 e. The van der Waals surface area contributed by atoms with Crippen LogP contribution in [-0.2, 0) is 19.6 Å². The number of rotatable bonds is 5. The van der Waals surface area contributed by atoms with Crippen molar-refractivity contribution in [3.63, 3.8) is 0 Å². The van der Waals surface area contributed by atoms with E-state index in [1.807, 2.05) is 0 Å². The van der Waals surface area contributed by atoms with Gasteiger partial charge >= 0.3 is 5.97 Å². The standard InChI is InChI=1S/C19H18F2N2O5S/c20-16-7-6-14(12-17(16)21)19(25)28-13-18(24)22-8-10-23(11-9-22)29(26,27)15-4-2-1-3-5-15/h1-7,12H,8-11,13H2. The Morgan fingerprint density at radius 3 is 2.21 bits per heavy atom. The number of ether oxygens (including phenoxy) is 1. The minimum absolute atomic E-state index is 0.111. The number of halogens is 2. The molecule has 10 heteroatoms. The van der Waals surface area contributed by atoms with Crippen LogP contribution in [0, 0.1) is 11.6 Å². The lowest BCUT2D eigenvalue weighted by molar-refractivity contribution is -0.135. The predicted molar refractivity (Wildman–Crippen MR) is 98.4 cm³/mol. The second kappa shape index (κ2) is 8.66. The van der Waals surface area contributed by atoms with Crippen LogP contribution >= 0.6 is 0 Å². The summed E-state index contributed by atoms with van der Waals surface area (Å²) in [5, 5.41) is 0. The van der Waals surface area contributed by atoms with E-state index in [0.717, 1.165) is 12.1 Å². The van der Waals surface area contributed by atoms with Crippen LogP contribution in [0.4, 0.5) is 8.78 Å². The second-order valence-corrected chi connectivity index (χ2v) is 8.24. The van der Waals surface area contributed by atoms with E-state index in [4.69, 9.17) is 4.74 Å². The number of esters is 1. The van der Waals surface area contributed by atoms with Gasteiger partial charge in [0, 0.05) is 26.2 Å². The number of nitrogens with zero attached hydrogens (tertiary/aromatic N) is 2. The molecule has 1 aliphatic rings. The predicted octanol–water partition coefficient (Wildman–Crippen LogP) is 1.65. The summed E-state index contributed by atoms with van der Waals surface area (Å²) >= 11 is 0. The maximum Gasteiger partial charge on any atom is 0.338 e. The van der Waals surface area contributed by atoms with Crippen LogP contribution in [0.1, 0.15) is 10.4 Å². The number of carbonyl (C=O) groups is 2. The summed E-state index contributed by atoms with van der Waals surface area (Å²) in [6.07, 6.45) is 0. The molecular formula is C19H18F2N2O5S. The Balaban J connectivity index is 1.52. The van der Waals surface area contributed by atoms with E-state index in [1.54, 1.807) is 18.2 Å². The zero-order valence-corrected chi connectivity index (χ0v) is 16.1. The third-order valence-corrected chi connectivity index (χ3v) is 6.37. The van der Waals surface area contributed by atoms with Crippen molar-refractivity contribution in [3.05, 3.63) is 65.7 Å². The summed E-state index contributed by atoms with van der Waals surface area (Å²) in [5.41, 5.74) is -0.213. The molecular weight excluding hydrogens is 406 g/mol. The Labute approximate surface area is 166 Å². The molecule has 2 aromatic carbocycles. The molecule has 0 radical (unpaired) electrons. The topological polar surface area (TPSA) is 84.0 Å². The van der Waals surface area contributed by atoms with Crippen molar-refractivity contribution >= 4 is 21.9 Å². The van der Waals surface area contributed by atoms with E-state index in [1.165, 1.54) is 21.3 Å². The van der Waals surface area contributed by atoms with Gasteiger partial charge in [-0.1, -0.05) is 18.2 Å². The summed E-state index contributed by atoms with van der Waals surface area (Å²) in [6.45, 7) is -0.0648. The van der Waals surface area contributed by atoms with Crippen molar-refractivity contribution in [1.29, 1.82) is 0 Å². The molecule has 0 aromatic heterocycles. The Bertz CT molecular complexity index is 1010. The van der Waals surface area contributed by atoms with Gasteiger partial charge in [-0.3, -0.25) is 4.79 Å². The number of piperazine rings is 1. The van der Waals surface area contributed by atoms with Gasteiger partial charge < -0.3 is 9.64 Å². The first-order valence-corrected chi connectivity index (χ1v) is 10.2. The van der Waals surface area contributed by atoms with Gasteiger partial charge in [0.25, 0.3) is 5.91 Å². The van der Waals surface area contributed by atoms with Crippen molar-refractivity contribution in [2.24, 2.45) is 0 Å². The SMILES string of the molecule is O=C(OCC(=O)N1CCN(S(=O)(=O)c2ccccc2)CC1)c1ccc(F)c(F)c1. The van der Waals surface area contributed by atoms with Crippen LogP contribution in [0.25, 0.3) is 0 Å². The Morgan fingerprint density at radius 1 is 0.931 bits per heavy atom. The van der Waals surface area contributed by atoms with Gasteiger partial charge in [-0.25, -0.2) is 22.0 Å². The van der Waals surface area contributed by atoms with Gasteiger partial charge in [0.05, 0.1) is 10.5 Å². The molecule has 3 rings (SSSR count). The summed E-state index contributed by atoms with van der Waals surface area (Å²) in [6, 6.07) is 10.5. The highest BCUT2D eigenvalue weighted by atomic mass is 32.2. The molecule has 154 valence electrons. The highest BCUT2D eigenvalue weighted by Crippen LogP contribution is 2.17. The minimum Gasteiger partial charge on any atom is -0.452 e. The van der Waals surface area contributed by atoms with Crippen LogP contribution < -0.4 is 0 Å². The fourth-order valence-corrected chi connectivity index (χ4v) is 4.29. The number of hydrogen-bond acceptors (Lipinski definition) is 5. The fraction of sp³-hybridized carbons (Fsp3) is 0.263. The quantitative estimate of drug-likeness (QED) is 0.682. The first kappa shape index (κ1) is 20.9. The van der Waals surface area contributed by atoms with Gasteiger partial charge in [-0.15, -0.1) is 0 Å². The van der Waals surface area contributed by atoms with Crippen molar-refractivity contribution in [1.82, 2.24) is 9.21 Å². The molecule has 0 unspecified atom stereocenters. The maximum absolute atomic E-state index is 13.2. The molecule has 1 saturated heterocycles. The lowest BCUT2D eigenvalue weighted by Gasteiger charge is -2.33. The molecule has 0 spiro atoms. The first-order valence-electron chi connectivity index (χ1n) is 8.74. The molecule has 29 heavy (non-hydrogen) atoms. The average molecular weight is 424 g/mol. The molecule has 0 bridgehead atoms. The van der Waals surface area contributed by atoms with Crippen molar-refractivity contribution < 1.29 is 31.5 Å². The van der Waals surface area contributed by atoms with Crippen molar-refractivity contribution in [3.8, 4) is 0 Å². The third kappa shape index (κ3) is 4.77. The minimum atomic E-state index is -3.64. The van der Waals surface area contributed by atoms with Gasteiger partial charge in [-0.05, 0) is 30.3 Å². The molecule has 0 aliphatic carbocycles. The molecule has 1 amide bonds. The van der Waals surface area contributed by atoms with E-state index >= 15 is 0 Å². The van der Waals surface area contributed by atoms with Gasteiger partial charge in [0.15, 0.2) is 18.2 Å². The molecule has 2 aromatic rings. The number of benzene rings is 2. The first-order chi connectivity index (χ1) is 13.8. The molecule has 0 atom stereocenters. The van der Waals surface area contributed by atoms with E-state index in [0.29, 0.717) is 6.07 Å². The van der Waals surface area contributed by atoms with Crippen LogP contribution in [-0.4, -0.2) is 62.3 Å². The lowest BCUT2D eigenvalue weighted by Crippen LogP contribution is -2.51. The van der Waals surface area contributed by atoms with Crippen LogP contribution in [0.3, 0.4) is 0 Å². The fourth-order valence-electron chi connectivity index (χ4n) is 2.84. The van der Waals surface area contributed by atoms with Gasteiger partial charge in [0.2, 0.25) is 10.0 Å². The zero-order chi connectivity index (χ0) is 21.0. The second-order valence-electron chi connectivity index (χ2n) is 6.30. The number of hydrogen-bond donors (Lipinski definition) is 0. The van der Waals surface area contributed by atoms with Crippen LogP contribution in [0.15, 0.2) is 53.4 Å². The Morgan fingerprint density at radius 2 is 1.59 bits per heavy atom. The van der Waals surface area contributed by atoms with Gasteiger partial charge in [0.1, 0.15) is 0 Å². The lowest BCUT2D eigenvalue weighted by atomic mass is 10.2. The monoisotopic (exact) mass is 424 g/mol. The smallest absolute Gasteiger partial charge is 0.338 e. The molecule has 0 N–H and O–H groups in total. The number of amides is 1.